The molecule has 0 aliphatic rings. The highest BCUT2D eigenvalue weighted by Gasteiger charge is 2.30. The van der Waals surface area contributed by atoms with Crippen molar-refractivity contribution in [1.82, 2.24) is 0 Å². The van der Waals surface area contributed by atoms with Crippen LogP contribution in [0.25, 0.3) is 0 Å². The van der Waals surface area contributed by atoms with Crippen LogP contribution >= 0.6 is 0 Å². The van der Waals surface area contributed by atoms with Crippen molar-refractivity contribution in [2.24, 2.45) is 0 Å². The zero-order valence-electron chi connectivity index (χ0n) is 35.0. The molecule has 0 radical (unpaired) electrons. The van der Waals surface area contributed by atoms with E-state index in [1.807, 2.05) is 27.7 Å². The summed E-state index contributed by atoms with van der Waals surface area (Å²) < 4.78 is 0. The summed E-state index contributed by atoms with van der Waals surface area (Å²) in [6.45, 7) is 14.7. The van der Waals surface area contributed by atoms with Crippen molar-refractivity contribution in [3.8, 4) is 0 Å². The summed E-state index contributed by atoms with van der Waals surface area (Å²) in [6.07, 6.45) is 3.64. The van der Waals surface area contributed by atoms with Crippen LogP contribution < -0.4 is 0 Å². The summed E-state index contributed by atoms with van der Waals surface area (Å²) in [5.74, 6) is -3.52. The first kappa shape index (κ1) is 54.7. The summed E-state index contributed by atoms with van der Waals surface area (Å²) >= 11 is 0. The Kier molecular flexibility index (Phi) is 26.5. The van der Waals surface area contributed by atoms with Gasteiger partial charge in [0, 0.05) is 12.8 Å². The highest BCUT2D eigenvalue weighted by Crippen LogP contribution is 2.26. The number of carboxylic acid groups (broad SMARTS) is 4. The van der Waals surface area contributed by atoms with Crippen molar-refractivity contribution in [3.63, 3.8) is 0 Å². The number of rotatable bonds is 12. The third-order valence-electron chi connectivity index (χ3n) is 8.65. The summed E-state index contributed by atoms with van der Waals surface area (Å²) in [4.78, 5) is 40.8. The summed E-state index contributed by atoms with van der Waals surface area (Å²) in [7, 11) is 0. The summed E-state index contributed by atoms with van der Waals surface area (Å²) in [5.41, 5.74) is -1.57. The van der Waals surface area contributed by atoms with Crippen molar-refractivity contribution in [2.75, 3.05) is 0 Å². The Morgan fingerprint density at radius 3 is 0.569 bits per heavy atom. The zero-order chi connectivity index (χ0) is 45.0. The lowest BCUT2D eigenvalue weighted by Gasteiger charge is -2.31. The minimum Gasteiger partial charge on any atom is -0.478 e. The fourth-order valence-electron chi connectivity index (χ4n) is 4.46. The molecule has 0 bridgehead atoms. The number of aromatic carboxylic acids is 4. The normalized spacial score (nSPS) is 14.0. The first-order valence-corrected chi connectivity index (χ1v) is 18.9. The smallest absolute Gasteiger partial charge is 0.335 e. The molecule has 0 heterocycles. The van der Waals surface area contributed by atoms with E-state index in [0.29, 0.717) is 60.8 Å². The zero-order valence-corrected chi connectivity index (χ0v) is 35.0. The molecule has 58 heavy (non-hydrogen) atoms. The fourth-order valence-corrected chi connectivity index (χ4v) is 4.46. The van der Waals surface area contributed by atoms with Crippen LogP contribution in [-0.2, 0) is 0 Å². The van der Waals surface area contributed by atoms with E-state index in [-0.39, 0.29) is 0 Å². The van der Waals surface area contributed by atoms with E-state index in [9.17, 15) is 39.6 Å². The number of aliphatic hydroxyl groups is 4. The van der Waals surface area contributed by atoms with Gasteiger partial charge in [-0.05, 0) is 102 Å². The third-order valence-corrected chi connectivity index (χ3v) is 8.65. The molecule has 8 N–H and O–H groups in total. The monoisotopic (exact) mass is 808 g/mol. The lowest BCUT2D eigenvalue weighted by atomic mass is 9.86. The van der Waals surface area contributed by atoms with Gasteiger partial charge >= 0.3 is 23.9 Å². The van der Waals surface area contributed by atoms with Gasteiger partial charge in [-0.3, -0.25) is 0 Å². The molecular weight excluding hydrogens is 744 g/mol. The van der Waals surface area contributed by atoms with E-state index in [2.05, 4.69) is 0 Å². The Morgan fingerprint density at radius 1 is 0.345 bits per heavy atom. The molecule has 0 saturated heterocycles. The molecule has 0 fully saturated rings. The molecule has 12 nitrogen and oxygen atoms in total. The molecule has 0 aliphatic heterocycles. The molecule has 320 valence electrons. The summed E-state index contributed by atoms with van der Waals surface area (Å²) in [5, 5.41) is 72.1. The highest BCUT2D eigenvalue weighted by molar-refractivity contribution is 5.88. The Balaban J connectivity index is 0. The average molecular weight is 809 g/mol. The largest absolute Gasteiger partial charge is 0.478 e. The van der Waals surface area contributed by atoms with E-state index in [0.717, 1.165) is 0 Å². The first-order chi connectivity index (χ1) is 26.9. The Labute approximate surface area is 343 Å². The number of hydrogen-bond donors (Lipinski definition) is 8. The van der Waals surface area contributed by atoms with Crippen molar-refractivity contribution in [3.05, 3.63) is 144 Å². The van der Waals surface area contributed by atoms with Crippen LogP contribution in [0.3, 0.4) is 0 Å². The van der Waals surface area contributed by atoms with Gasteiger partial charge in [0.05, 0.1) is 44.7 Å². The molecule has 0 saturated carbocycles. The molecule has 0 aromatic heterocycles. The van der Waals surface area contributed by atoms with Gasteiger partial charge in [0.2, 0.25) is 0 Å². The quantitative estimate of drug-likeness (QED) is 0.0671. The third kappa shape index (κ3) is 28.1. The van der Waals surface area contributed by atoms with Gasteiger partial charge in [-0.2, -0.15) is 0 Å². The Bertz CT molecular complexity index is 1450. The van der Waals surface area contributed by atoms with Gasteiger partial charge < -0.3 is 40.9 Å². The lowest BCUT2D eigenvalue weighted by molar-refractivity contribution is -0.0495. The standard InChI is InChI=1S/2C9H20O2.4C7H6O2/c2*1-5-8(3,10)7-9(4,11)6-2;4*8-7(9)6-4-2-1-3-5-6/h2*10-11H,5-7H2,1-4H3;4*1-5H,(H,8,9). The van der Waals surface area contributed by atoms with Crippen molar-refractivity contribution >= 4 is 23.9 Å². The van der Waals surface area contributed by atoms with E-state index < -0.39 is 46.3 Å². The predicted octanol–water partition coefficient (Wildman–Crippen LogP) is 8.94. The van der Waals surface area contributed by atoms with Gasteiger partial charge in [0.15, 0.2) is 0 Å². The molecule has 4 aromatic carbocycles. The van der Waals surface area contributed by atoms with Gasteiger partial charge in [0.25, 0.3) is 0 Å². The van der Waals surface area contributed by atoms with Crippen LogP contribution in [0.2, 0.25) is 0 Å². The maximum Gasteiger partial charge on any atom is 0.335 e. The number of hydrogen-bond acceptors (Lipinski definition) is 8. The molecule has 12 heteroatoms. The molecule has 4 unspecified atom stereocenters. The van der Waals surface area contributed by atoms with Crippen LogP contribution in [0.15, 0.2) is 121 Å². The molecular formula is C46H64O12. The van der Waals surface area contributed by atoms with Gasteiger partial charge in [0.1, 0.15) is 0 Å². The van der Waals surface area contributed by atoms with E-state index >= 15 is 0 Å². The van der Waals surface area contributed by atoms with Gasteiger partial charge in [-0.1, -0.05) is 100 Å². The molecule has 4 rings (SSSR count). The highest BCUT2D eigenvalue weighted by atomic mass is 16.4. The number of carbonyl (C=O) groups is 4. The maximum atomic E-state index is 10.2. The topological polar surface area (TPSA) is 230 Å². The van der Waals surface area contributed by atoms with Crippen LogP contribution in [0.5, 0.6) is 0 Å². The minimum atomic E-state index is -0.879. The second-order valence-electron chi connectivity index (χ2n) is 14.4. The Hall–Kier alpha value is -5.40. The maximum absolute atomic E-state index is 10.2. The van der Waals surface area contributed by atoms with Crippen LogP contribution in [0, 0.1) is 0 Å². The number of carboxylic acids is 4. The van der Waals surface area contributed by atoms with Gasteiger partial charge in [-0.15, -0.1) is 0 Å². The van der Waals surface area contributed by atoms with Crippen molar-refractivity contribution in [2.45, 2.75) is 116 Å². The first-order valence-electron chi connectivity index (χ1n) is 18.9. The molecule has 4 aromatic rings. The van der Waals surface area contributed by atoms with Crippen LogP contribution in [-0.4, -0.2) is 87.1 Å². The second kappa shape index (κ2) is 28.1. The summed E-state index contributed by atoms with van der Waals surface area (Å²) in [6, 6.07) is 33.2. The molecule has 0 aliphatic carbocycles. The van der Waals surface area contributed by atoms with E-state index in [4.69, 9.17) is 20.4 Å². The predicted molar refractivity (Wildman–Crippen MR) is 226 cm³/mol. The SMILES string of the molecule is CCC(C)(O)CC(C)(O)CC.CCC(C)(O)CC(C)(O)CC.O=C(O)c1ccccc1.O=C(O)c1ccccc1.O=C(O)c1ccccc1.O=C(O)c1ccccc1. The second-order valence-corrected chi connectivity index (χ2v) is 14.4. The van der Waals surface area contributed by atoms with Crippen molar-refractivity contribution < 1.29 is 60.0 Å². The minimum absolute atomic E-state index is 0.331. The van der Waals surface area contributed by atoms with Gasteiger partial charge in [-0.25, -0.2) is 19.2 Å². The fraction of sp³-hybridized carbons (Fsp3) is 0.391. The van der Waals surface area contributed by atoms with Crippen LogP contribution in [0.4, 0.5) is 0 Å². The van der Waals surface area contributed by atoms with Crippen LogP contribution in [0.1, 0.15) is 135 Å². The molecule has 4 atom stereocenters. The molecule has 0 amide bonds. The Morgan fingerprint density at radius 2 is 0.483 bits per heavy atom. The molecule has 0 spiro atoms. The number of benzene rings is 4. The van der Waals surface area contributed by atoms with E-state index in [1.165, 1.54) is 0 Å². The lowest BCUT2D eigenvalue weighted by Crippen LogP contribution is -2.36. The van der Waals surface area contributed by atoms with Crippen molar-refractivity contribution in [1.29, 1.82) is 0 Å². The average Bonchev–Trinajstić information content (AvgIpc) is 3.20. The van der Waals surface area contributed by atoms with E-state index in [1.54, 1.807) is 149 Å².